The minimum absolute atomic E-state index is 0.0731. The normalized spacial score (nSPS) is 18.9. The first-order valence-electron chi connectivity index (χ1n) is 18.1. The third-order valence-corrected chi connectivity index (χ3v) is 9.77. The number of cyclic esters (lactones) is 1. The maximum Gasteiger partial charge on any atom is 0.407 e. The van der Waals surface area contributed by atoms with Gasteiger partial charge in [-0.2, -0.15) is 0 Å². The van der Waals surface area contributed by atoms with Crippen LogP contribution in [0.5, 0.6) is 0 Å². The SMILES string of the molecule is O=C(N[C@H]1CCC=CC[C@H](CC(=O)N(CCO)Cc2ccccc2)C(=O)N[C@H](c2ccccc2)COC1=O)OCC1c2ccccc2-c2ccccc21. The van der Waals surface area contributed by atoms with Gasteiger partial charge in [-0.15, -0.1) is 0 Å². The van der Waals surface area contributed by atoms with E-state index in [1.807, 2.05) is 109 Å². The predicted octanol–water partition coefficient (Wildman–Crippen LogP) is 6.06. The Morgan fingerprint density at radius 3 is 2.17 bits per heavy atom. The van der Waals surface area contributed by atoms with Gasteiger partial charge >= 0.3 is 12.1 Å². The zero-order valence-electron chi connectivity index (χ0n) is 29.6. The van der Waals surface area contributed by atoms with E-state index in [9.17, 15) is 24.3 Å². The number of esters is 1. The van der Waals surface area contributed by atoms with Crippen LogP contribution in [0.1, 0.15) is 59.9 Å². The van der Waals surface area contributed by atoms with Crippen LogP contribution in [0.2, 0.25) is 0 Å². The standard InChI is InChI=1S/C43H45N3O7/c47-25-24-46(27-30-14-4-1-5-15-30)40(48)26-32-18-8-3-9-23-38(42(50)52-29-39(44-41(32)49)31-16-6-2-7-17-31)45-43(51)53-28-37-35-21-12-10-19-33(35)34-20-11-13-22-36(34)37/h1-8,10-17,19-22,32,37-39,47H,9,18,23-29H2,(H,44,49)(H,45,51)/t32-,38+,39+/m1/s1. The highest BCUT2D eigenvalue weighted by molar-refractivity contribution is 5.86. The number of aliphatic hydroxyl groups is 1. The van der Waals surface area contributed by atoms with E-state index >= 15 is 0 Å². The molecule has 3 atom stereocenters. The van der Waals surface area contributed by atoms with Gasteiger partial charge in [-0.3, -0.25) is 9.59 Å². The van der Waals surface area contributed by atoms with Gasteiger partial charge in [0.1, 0.15) is 19.3 Å². The molecule has 0 saturated carbocycles. The molecule has 1 aliphatic heterocycles. The van der Waals surface area contributed by atoms with Crippen molar-refractivity contribution in [3.05, 3.63) is 144 Å². The second kappa shape index (κ2) is 18.1. The Morgan fingerprint density at radius 1 is 0.849 bits per heavy atom. The van der Waals surface area contributed by atoms with E-state index < -0.39 is 30.1 Å². The molecule has 6 rings (SSSR count). The Bertz CT molecular complexity index is 1850. The number of alkyl carbamates (subject to hydrolysis) is 1. The van der Waals surface area contributed by atoms with Crippen molar-refractivity contribution in [1.82, 2.24) is 15.5 Å². The summed E-state index contributed by atoms with van der Waals surface area (Å²) in [6.07, 6.45) is 3.78. The van der Waals surface area contributed by atoms with Gasteiger partial charge in [0.25, 0.3) is 0 Å². The van der Waals surface area contributed by atoms with E-state index in [-0.39, 0.29) is 63.4 Å². The number of rotatable bonds is 10. The molecule has 53 heavy (non-hydrogen) atoms. The molecule has 0 saturated heterocycles. The molecular formula is C43H45N3O7. The number of benzene rings is 4. The Morgan fingerprint density at radius 2 is 1.49 bits per heavy atom. The minimum atomic E-state index is -0.995. The Labute approximate surface area is 309 Å². The summed E-state index contributed by atoms with van der Waals surface area (Å²) in [6, 6.07) is 33.1. The van der Waals surface area contributed by atoms with Gasteiger partial charge in [0, 0.05) is 25.4 Å². The highest BCUT2D eigenvalue weighted by Gasteiger charge is 2.31. The average molecular weight is 716 g/mol. The van der Waals surface area contributed by atoms with E-state index in [2.05, 4.69) is 22.8 Å². The molecule has 274 valence electrons. The molecule has 3 N–H and O–H groups in total. The van der Waals surface area contributed by atoms with Crippen molar-refractivity contribution >= 4 is 23.9 Å². The first-order chi connectivity index (χ1) is 25.9. The second-order valence-corrected chi connectivity index (χ2v) is 13.3. The van der Waals surface area contributed by atoms with Crippen LogP contribution in [-0.2, 0) is 30.4 Å². The first-order valence-corrected chi connectivity index (χ1v) is 18.1. The van der Waals surface area contributed by atoms with Crippen molar-refractivity contribution in [3.8, 4) is 11.1 Å². The zero-order valence-corrected chi connectivity index (χ0v) is 29.6. The minimum Gasteiger partial charge on any atom is -0.462 e. The summed E-state index contributed by atoms with van der Waals surface area (Å²) in [5, 5.41) is 15.4. The van der Waals surface area contributed by atoms with Gasteiger partial charge in [-0.25, -0.2) is 9.59 Å². The van der Waals surface area contributed by atoms with E-state index in [1.54, 1.807) is 4.90 Å². The Hall–Kier alpha value is -5.74. The molecule has 0 radical (unpaired) electrons. The van der Waals surface area contributed by atoms with Gasteiger partial charge in [-0.1, -0.05) is 121 Å². The molecule has 0 spiro atoms. The van der Waals surface area contributed by atoms with Crippen molar-refractivity contribution in [3.63, 3.8) is 0 Å². The lowest BCUT2D eigenvalue weighted by atomic mass is 9.97. The number of nitrogens with one attached hydrogen (secondary N) is 2. The monoisotopic (exact) mass is 715 g/mol. The number of aliphatic hydroxyl groups excluding tert-OH is 1. The number of fused-ring (bicyclic) bond motifs is 3. The number of ether oxygens (including phenoxy) is 2. The summed E-state index contributed by atoms with van der Waals surface area (Å²) < 4.78 is 11.5. The number of amides is 3. The van der Waals surface area contributed by atoms with E-state index in [1.165, 1.54) is 0 Å². The van der Waals surface area contributed by atoms with Crippen molar-refractivity contribution in [2.24, 2.45) is 5.92 Å². The van der Waals surface area contributed by atoms with E-state index in [0.717, 1.165) is 33.4 Å². The number of carbonyl (C=O) groups excluding carboxylic acids is 4. The van der Waals surface area contributed by atoms with Crippen molar-refractivity contribution in [1.29, 1.82) is 0 Å². The summed E-state index contributed by atoms with van der Waals surface area (Å²) in [6.45, 7) is 0.159. The maximum atomic E-state index is 13.8. The van der Waals surface area contributed by atoms with Crippen LogP contribution in [0.3, 0.4) is 0 Å². The topological polar surface area (TPSA) is 134 Å². The second-order valence-electron chi connectivity index (χ2n) is 13.3. The number of hydrogen-bond donors (Lipinski definition) is 3. The fourth-order valence-corrected chi connectivity index (χ4v) is 6.97. The lowest BCUT2D eigenvalue weighted by molar-refractivity contribution is -0.147. The molecule has 1 aliphatic carbocycles. The molecule has 0 bridgehead atoms. The third kappa shape index (κ3) is 9.58. The van der Waals surface area contributed by atoms with Crippen LogP contribution in [-0.4, -0.2) is 66.3 Å². The molecule has 3 amide bonds. The molecule has 2 aliphatic rings. The van der Waals surface area contributed by atoms with Gasteiger partial charge < -0.3 is 30.1 Å². The number of nitrogens with zero attached hydrogens (tertiary/aromatic N) is 1. The summed E-state index contributed by atoms with van der Waals surface area (Å²) in [5.74, 6) is -2.10. The van der Waals surface area contributed by atoms with Crippen LogP contribution in [0.15, 0.2) is 121 Å². The highest BCUT2D eigenvalue weighted by atomic mass is 16.6. The van der Waals surface area contributed by atoms with Crippen LogP contribution >= 0.6 is 0 Å². The zero-order chi connectivity index (χ0) is 37.0. The average Bonchev–Trinajstić information content (AvgIpc) is 3.51. The summed E-state index contributed by atoms with van der Waals surface area (Å²) >= 11 is 0. The molecule has 4 aromatic rings. The van der Waals surface area contributed by atoms with Crippen molar-refractivity contribution < 1.29 is 33.8 Å². The van der Waals surface area contributed by atoms with Crippen LogP contribution < -0.4 is 10.6 Å². The van der Waals surface area contributed by atoms with Gasteiger partial charge in [0.2, 0.25) is 11.8 Å². The van der Waals surface area contributed by atoms with Crippen molar-refractivity contribution in [2.45, 2.75) is 50.2 Å². The summed E-state index contributed by atoms with van der Waals surface area (Å²) in [7, 11) is 0. The molecule has 1 heterocycles. The van der Waals surface area contributed by atoms with Crippen LogP contribution in [0.4, 0.5) is 4.79 Å². The molecule has 10 heteroatoms. The fourth-order valence-electron chi connectivity index (χ4n) is 6.97. The third-order valence-electron chi connectivity index (χ3n) is 9.77. The first kappa shape index (κ1) is 37.0. The summed E-state index contributed by atoms with van der Waals surface area (Å²) in [5.41, 5.74) is 6.03. The molecular weight excluding hydrogens is 670 g/mol. The van der Waals surface area contributed by atoms with Crippen LogP contribution in [0.25, 0.3) is 11.1 Å². The lowest BCUT2D eigenvalue weighted by Crippen LogP contribution is -2.44. The Balaban J connectivity index is 1.14. The number of allylic oxidation sites excluding steroid dienone is 2. The van der Waals surface area contributed by atoms with Gasteiger partial charge in [0.05, 0.1) is 18.6 Å². The predicted molar refractivity (Wildman–Crippen MR) is 200 cm³/mol. The summed E-state index contributed by atoms with van der Waals surface area (Å²) in [4.78, 5) is 55.6. The quantitative estimate of drug-likeness (QED) is 0.134. The molecule has 10 nitrogen and oxygen atoms in total. The molecule has 0 unspecified atom stereocenters. The number of hydrogen-bond acceptors (Lipinski definition) is 7. The van der Waals surface area contributed by atoms with E-state index in [0.29, 0.717) is 13.0 Å². The molecule has 0 fully saturated rings. The van der Waals surface area contributed by atoms with Gasteiger partial charge in [-0.05, 0) is 52.6 Å². The van der Waals surface area contributed by atoms with E-state index in [4.69, 9.17) is 9.47 Å². The molecule has 4 aromatic carbocycles. The maximum absolute atomic E-state index is 13.8. The van der Waals surface area contributed by atoms with Crippen molar-refractivity contribution in [2.75, 3.05) is 26.4 Å². The highest BCUT2D eigenvalue weighted by Crippen LogP contribution is 2.44. The van der Waals surface area contributed by atoms with Gasteiger partial charge in [0.15, 0.2) is 0 Å². The smallest absolute Gasteiger partial charge is 0.407 e. The fraction of sp³-hybridized carbons (Fsp3) is 0.302. The number of carbonyl (C=O) groups is 4. The molecule has 0 aromatic heterocycles. The largest absolute Gasteiger partial charge is 0.462 e. The lowest BCUT2D eigenvalue weighted by Gasteiger charge is -2.26. The Kier molecular flexibility index (Phi) is 12.7. The van der Waals surface area contributed by atoms with Crippen LogP contribution in [0, 0.1) is 5.92 Å².